The first-order chi connectivity index (χ1) is 39.2. The number of esters is 1. The van der Waals surface area contributed by atoms with Gasteiger partial charge >= 0.3 is 44.9 Å². The third-order valence-electron chi connectivity index (χ3n) is 14.7. The van der Waals surface area contributed by atoms with Crippen LogP contribution in [0.2, 0.25) is 0 Å². The molecule has 4 N–H and O–H groups in total. The zero-order valence-corrected chi connectivity index (χ0v) is 53.6. The Morgan fingerprint density at radius 2 is 1.34 bits per heavy atom. The molecule has 3 aromatic carbocycles. The van der Waals surface area contributed by atoms with E-state index in [4.69, 9.17) is 43.7 Å². The molecule has 82 heavy (non-hydrogen) atoms. The number of anilines is 1. The molecule has 1 aliphatic heterocycles. The summed E-state index contributed by atoms with van der Waals surface area (Å²) in [6.45, 7) is 22.2. The Hall–Kier alpha value is -5.53. The summed E-state index contributed by atoms with van der Waals surface area (Å²) < 4.78 is 17.4. The fraction of sp³-hybridized carbons (Fsp3) is 0.452. The van der Waals surface area contributed by atoms with Gasteiger partial charge in [0.15, 0.2) is 12.7 Å². The van der Waals surface area contributed by atoms with Crippen LogP contribution >= 0.6 is 33.2 Å². The number of aromatic carboxylic acids is 2. The maximum absolute atomic E-state index is 15.1. The summed E-state index contributed by atoms with van der Waals surface area (Å²) in [5.74, 6) is -1.28. The van der Waals surface area contributed by atoms with Crippen LogP contribution in [0.4, 0.5) is 5.82 Å². The molecule has 0 spiro atoms. The third kappa shape index (κ3) is 17.8. The van der Waals surface area contributed by atoms with Crippen molar-refractivity contribution in [2.24, 2.45) is 40.5 Å². The first-order valence-corrected chi connectivity index (χ1v) is 33.5. The van der Waals surface area contributed by atoms with Crippen molar-refractivity contribution in [2.45, 2.75) is 129 Å². The fourth-order valence-corrected chi connectivity index (χ4v) is 13.0. The second kappa shape index (κ2) is 31.4. The molecule has 2 heterocycles. The van der Waals surface area contributed by atoms with Gasteiger partial charge in [-0.2, -0.15) is 0 Å². The molecular weight excluding hydrogens is 1160 g/mol. The van der Waals surface area contributed by atoms with Gasteiger partial charge in [0.1, 0.15) is 24.1 Å². The summed E-state index contributed by atoms with van der Waals surface area (Å²) in [5.41, 5.74) is 3.03. The number of rotatable bonds is 24. The van der Waals surface area contributed by atoms with Crippen LogP contribution in [0.5, 0.6) is 0 Å². The van der Waals surface area contributed by atoms with E-state index in [0.29, 0.717) is 69.9 Å². The van der Waals surface area contributed by atoms with Crippen molar-refractivity contribution < 1.29 is 75.5 Å². The molecule has 4 aromatic rings. The van der Waals surface area contributed by atoms with Gasteiger partial charge in [0.25, 0.3) is 0 Å². The van der Waals surface area contributed by atoms with Gasteiger partial charge in [0, 0.05) is 10.5 Å². The Balaban J connectivity index is 0.00000535. The van der Waals surface area contributed by atoms with Gasteiger partial charge in [0.2, 0.25) is 5.91 Å². The quantitative estimate of drug-likeness (QED) is 0.00749. The molecule has 2 saturated carbocycles. The third-order valence-corrected chi connectivity index (χ3v) is 17.1. The summed E-state index contributed by atoms with van der Waals surface area (Å²) in [7, 11) is 4.76. The molecule has 6 unspecified atom stereocenters. The number of benzene rings is 3. The van der Waals surface area contributed by atoms with E-state index in [1.807, 2.05) is 60.7 Å². The number of carbonyl (C=O) groups excluding carboxylic acids is 3. The number of carboxylic acid groups (broad SMARTS) is 2. The molecule has 1 aromatic heterocycles. The summed E-state index contributed by atoms with van der Waals surface area (Å²) in [6.07, 6.45) is 5.50. The monoisotopic (exact) mass is 1230 g/mol. The Kier molecular flexibility index (Phi) is 25.1. The number of allylic oxidation sites excluding steroid dienone is 2. The summed E-state index contributed by atoms with van der Waals surface area (Å²) in [5, 5.41) is 24.2. The molecule has 20 heteroatoms. The standard InChI is InChI=1S/C62H76N4O12S2.ClH.Zn/c1-34(2)75-33-74-22-17-23-79-41(9)58(67)66-57-53(62(73)77-54-37(5)24-35(3)25-38(54)6)52(44-20-15-12-16-21-44)50(64-57)31-49-51(43-18-13-11-14-19-43)48(32-76-78-55-39(7)26-36(4)27-40(55)8)56(63-49)65-59(68)42(10)80-47-29-45(60(69)70)28-46(30-47)61(71)72;;/h11-16,18-21,28-31,35-42,54-55H,1,17,22-27,32-33H2,2-10H3,(H5,63,64,65,66,67,68,69,70,71,72,73);1H;/q;;+2/p-2. The second-order valence-electron chi connectivity index (χ2n) is 21.8. The van der Waals surface area contributed by atoms with Gasteiger partial charge in [-0.25, -0.2) is 29.2 Å². The molecule has 6 atom stereocenters. The Labute approximate surface area is 504 Å². The number of hydrogen-bond acceptors (Lipinski definition) is 13. The van der Waals surface area contributed by atoms with Crippen LogP contribution in [0, 0.1) is 35.5 Å². The van der Waals surface area contributed by atoms with Crippen LogP contribution in [0.3, 0.4) is 0 Å². The number of carbonyl (C=O) groups is 5. The van der Waals surface area contributed by atoms with Crippen molar-refractivity contribution >= 4 is 86.2 Å². The molecule has 7 rings (SSSR count). The normalized spacial score (nSPS) is 22.7. The number of ether oxygens (including phenoxy) is 3. The molecule has 2 amide bonds. The number of aliphatic imine (C=N–C) groups is 1. The van der Waals surface area contributed by atoms with Crippen molar-refractivity contribution in [3.8, 4) is 11.1 Å². The minimum absolute atomic E-state index is 0.0227. The zero-order valence-electron chi connectivity index (χ0n) is 48.2. The summed E-state index contributed by atoms with van der Waals surface area (Å²) >= 11 is 3.27. The number of amidine groups is 1. The maximum atomic E-state index is 15.1. The van der Waals surface area contributed by atoms with Crippen LogP contribution in [-0.2, 0) is 62.3 Å². The average molecular weight is 1230 g/mol. The Morgan fingerprint density at radius 1 is 0.793 bits per heavy atom. The molecule has 436 valence electrons. The first-order valence-electron chi connectivity index (χ1n) is 27.7. The van der Waals surface area contributed by atoms with Crippen LogP contribution in [0.25, 0.3) is 22.8 Å². The number of nitrogens with one attached hydrogen (secondary N) is 2. The average Bonchev–Trinajstić information content (AvgIpc) is 4.21. The van der Waals surface area contributed by atoms with E-state index in [0.717, 1.165) is 60.8 Å². The number of nitrogens with zero attached hydrogens (tertiary/aromatic N) is 2. The summed E-state index contributed by atoms with van der Waals surface area (Å²) in [6, 6.07) is 22.5. The van der Waals surface area contributed by atoms with Crippen LogP contribution in [0.1, 0.15) is 132 Å². The fourth-order valence-electron chi connectivity index (χ4n) is 11.2. The van der Waals surface area contributed by atoms with Crippen molar-refractivity contribution in [3.63, 3.8) is 0 Å². The van der Waals surface area contributed by atoms with Gasteiger partial charge < -0.3 is 40.0 Å². The van der Waals surface area contributed by atoms with E-state index in [1.54, 1.807) is 26.8 Å². The van der Waals surface area contributed by atoms with Gasteiger partial charge in [-0.15, -0.1) is 23.5 Å². The Bertz CT molecular complexity index is 2930. The van der Waals surface area contributed by atoms with Gasteiger partial charge in [-0.1, -0.05) is 115 Å². The van der Waals surface area contributed by atoms with E-state index in [1.165, 1.54) is 23.9 Å². The zero-order chi connectivity index (χ0) is 59.8. The van der Waals surface area contributed by atoms with E-state index in [9.17, 15) is 29.4 Å². The SMILES string of the molecule is C=C(C)OCOCCCSC(C)C(=O)NC1=N/C(=C\c2[n-]c(NC(=O)C(C)Sc3cc(C(=O)O)cc(C(=O)O)c3)c(COOC3C(C)CC(C)CC3C)c2-c2ccccc2)C(c2ccccc2)=C1C(=O)OC1C(C)CC(C)CC1C.[Cl][Zn+]. The topological polar surface area (TPSA) is 222 Å². The number of amides is 2. The van der Waals surface area contributed by atoms with E-state index < -0.39 is 40.4 Å². The van der Waals surface area contributed by atoms with E-state index >= 15 is 4.79 Å². The molecule has 0 saturated heterocycles. The molecule has 3 aliphatic rings. The second-order valence-corrected chi connectivity index (χ2v) is 24.6. The van der Waals surface area contributed by atoms with E-state index in [-0.39, 0.29) is 88.0 Å². The predicted molar refractivity (Wildman–Crippen MR) is 319 cm³/mol. The number of carboxylic acids is 2. The molecule has 2 aliphatic carbocycles. The Morgan fingerprint density at radius 3 is 1.90 bits per heavy atom. The van der Waals surface area contributed by atoms with Crippen LogP contribution in [0.15, 0.2) is 112 Å². The number of aromatic nitrogens is 1. The van der Waals surface area contributed by atoms with Gasteiger partial charge in [-0.05, 0) is 146 Å². The molecule has 16 nitrogen and oxygen atoms in total. The van der Waals surface area contributed by atoms with Crippen LogP contribution < -0.4 is 15.6 Å². The van der Waals surface area contributed by atoms with Gasteiger partial charge in [0.05, 0.1) is 45.8 Å². The molecule has 0 bridgehead atoms. The minimum atomic E-state index is -1.31. The van der Waals surface area contributed by atoms with Crippen molar-refractivity contribution in [3.05, 3.63) is 130 Å². The number of thioether (sulfide) groups is 2. The van der Waals surface area contributed by atoms with Crippen molar-refractivity contribution in [1.82, 2.24) is 10.3 Å². The number of halogens is 1. The van der Waals surface area contributed by atoms with Crippen LogP contribution in [-0.4, -0.2) is 87.6 Å². The molecule has 0 radical (unpaired) electrons. The predicted octanol–water partition coefficient (Wildman–Crippen LogP) is 13.0. The van der Waals surface area contributed by atoms with Gasteiger partial charge in [-0.3, -0.25) is 9.59 Å². The molecular formula is C62H75ClN4O12S2Zn. The van der Waals surface area contributed by atoms with Crippen molar-refractivity contribution in [2.75, 3.05) is 24.5 Å². The first kappa shape index (κ1) is 65.6. The van der Waals surface area contributed by atoms with Crippen molar-refractivity contribution in [1.29, 1.82) is 0 Å². The summed E-state index contributed by atoms with van der Waals surface area (Å²) in [4.78, 5) is 90.8. The number of hydrogen-bond donors (Lipinski definition) is 4. The van der Waals surface area contributed by atoms with E-state index in [2.05, 4.69) is 58.8 Å². The molecule has 2 fully saturated rings.